The van der Waals surface area contributed by atoms with Crippen LogP contribution in [0.4, 0.5) is 0 Å². The summed E-state index contributed by atoms with van der Waals surface area (Å²) in [6.07, 6.45) is 4.11. The van der Waals surface area contributed by atoms with Crippen molar-refractivity contribution >= 4 is 5.91 Å². The van der Waals surface area contributed by atoms with Gasteiger partial charge in [0.15, 0.2) is 0 Å². The molecule has 1 heterocycles. The van der Waals surface area contributed by atoms with Crippen LogP contribution in [0, 0.1) is 0 Å². The van der Waals surface area contributed by atoms with Gasteiger partial charge in [0.2, 0.25) is 5.91 Å². The molecule has 1 amide bonds. The monoisotopic (exact) mass is 235 g/mol. The highest BCUT2D eigenvalue weighted by Crippen LogP contribution is 2.05. The van der Waals surface area contributed by atoms with Gasteiger partial charge in [-0.15, -0.1) is 0 Å². The number of rotatable bonds is 7. The lowest BCUT2D eigenvalue weighted by Crippen LogP contribution is -2.30. The van der Waals surface area contributed by atoms with Gasteiger partial charge in [-0.2, -0.15) is 0 Å². The van der Waals surface area contributed by atoms with Crippen LogP contribution in [-0.4, -0.2) is 28.9 Å². The van der Waals surface area contributed by atoms with Gasteiger partial charge >= 0.3 is 0 Å². The Kier molecular flexibility index (Phi) is 6.25. The van der Waals surface area contributed by atoms with Crippen LogP contribution in [0.2, 0.25) is 0 Å². The molecule has 94 valence electrons. The Labute approximate surface area is 103 Å². The van der Waals surface area contributed by atoms with Gasteiger partial charge in [0, 0.05) is 19.2 Å². The normalized spacial score (nSPS) is 10.2. The highest BCUT2D eigenvalue weighted by atomic mass is 16.2. The minimum absolute atomic E-state index is 0.187. The minimum Gasteiger partial charge on any atom is -0.337 e. The molecule has 0 atom stereocenters. The van der Waals surface area contributed by atoms with E-state index in [9.17, 15) is 4.79 Å². The van der Waals surface area contributed by atoms with E-state index >= 15 is 0 Å². The quantitative estimate of drug-likeness (QED) is 0.730. The third kappa shape index (κ3) is 4.95. The van der Waals surface area contributed by atoms with Gasteiger partial charge in [-0.05, 0) is 38.4 Å². The van der Waals surface area contributed by atoms with Gasteiger partial charge in [0.1, 0.15) is 0 Å². The van der Waals surface area contributed by atoms with Crippen LogP contribution in [-0.2, 0) is 11.3 Å². The number of carbonyl (C=O) groups is 1. The largest absolute Gasteiger partial charge is 0.337 e. The van der Waals surface area contributed by atoms with Gasteiger partial charge in [0.05, 0.1) is 12.2 Å². The molecule has 2 N–H and O–H groups in total. The first-order valence-corrected chi connectivity index (χ1v) is 6.15. The van der Waals surface area contributed by atoms with Crippen LogP contribution in [0.25, 0.3) is 0 Å². The van der Waals surface area contributed by atoms with Gasteiger partial charge in [0.25, 0.3) is 0 Å². The second-order valence-electron chi connectivity index (χ2n) is 3.97. The van der Waals surface area contributed by atoms with Gasteiger partial charge in [-0.1, -0.05) is 6.07 Å². The standard InChI is InChI=1S/C13H21N3O/c1-2-16(13(17)8-3-5-9-14)11-12-7-4-6-10-15-12/h4,6-7,10H,2-3,5,8-9,11,14H2,1H3. The Morgan fingerprint density at radius 3 is 2.82 bits per heavy atom. The molecule has 1 rings (SSSR count). The number of nitrogens with zero attached hydrogens (tertiary/aromatic N) is 2. The molecule has 0 aliphatic rings. The number of hydrogen-bond donors (Lipinski definition) is 1. The molecule has 0 fully saturated rings. The van der Waals surface area contributed by atoms with Crippen LogP contribution >= 0.6 is 0 Å². The predicted octanol–water partition coefficient (Wildman–Crippen LogP) is 1.56. The maximum Gasteiger partial charge on any atom is 0.222 e. The molecule has 4 nitrogen and oxygen atoms in total. The highest BCUT2D eigenvalue weighted by molar-refractivity contribution is 5.76. The van der Waals surface area contributed by atoms with Crippen LogP contribution in [0.3, 0.4) is 0 Å². The van der Waals surface area contributed by atoms with E-state index in [0.717, 1.165) is 25.1 Å². The molecule has 0 aliphatic carbocycles. The fourth-order valence-corrected chi connectivity index (χ4v) is 1.64. The topological polar surface area (TPSA) is 59.2 Å². The van der Waals surface area contributed by atoms with Crippen molar-refractivity contribution in [3.8, 4) is 0 Å². The Morgan fingerprint density at radius 2 is 2.24 bits per heavy atom. The lowest BCUT2D eigenvalue weighted by molar-refractivity contribution is -0.131. The first-order chi connectivity index (χ1) is 8.27. The third-order valence-electron chi connectivity index (χ3n) is 2.66. The first-order valence-electron chi connectivity index (χ1n) is 6.15. The van der Waals surface area contributed by atoms with Gasteiger partial charge in [-0.25, -0.2) is 0 Å². The fraction of sp³-hybridized carbons (Fsp3) is 0.538. The Bertz CT molecular complexity index is 327. The van der Waals surface area contributed by atoms with Gasteiger partial charge in [-0.3, -0.25) is 9.78 Å². The molecule has 0 bridgehead atoms. The molecule has 4 heteroatoms. The Hall–Kier alpha value is -1.42. The molecule has 0 saturated heterocycles. The molecule has 0 unspecified atom stereocenters. The molecule has 0 spiro atoms. The summed E-state index contributed by atoms with van der Waals surface area (Å²) in [7, 11) is 0. The molecular formula is C13H21N3O. The second kappa shape index (κ2) is 7.79. The van der Waals surface area contributed by atoms with Crippen molar-refractivity contribution in [2.75, 3.05) is 13.1 Å². The van der Waals surface area contributed by atoms with E-state index in [0.29, 0.717) is 19.5 Å². The van der Waals surface area contributed by atoms with Crippen molar-refractivity contribution in [2.45, 2.75) is 32.7 Å². The summed E-state index contributed by atoms with van der Waals surface area (Å²) in [5.74, 6) is 0.187. The van der Waals surface area contributed by atoms with E-state index in [4.69, 9.17) is 5.73 Å². The molecule has 1 aromatic rings. The highest BCUT2D eigenvalue weighted by Gasteiger charge is 2.11. The average molecular weight is 235 g/mol. The number of nitrogens with two attached hydrogens (primary N) is 1. The summed E-state index contributed by atoms with van der Waals surface area (Å²) >= 11 is 0. The van der Waals surface area contributed by atoms with E-state index in [1.54, 1.807) is 6.20 Å². The summed E-state index contributed by atoms with van der Waals surface area (Å²) in [6.45, 7) is 3.96. The van der Waals surface area contributed by atoms with Gasteiger partial charge < -0.3 is 10.6 Å². The Morgan fingerprint density at radius 1 is 1.41 bits per heavy atom. The smallest absolute Gasteiger partial charge is 0.222 e. The van der Waals surface area contributed by atoms with Crippen molar-refractivity contribution < 1.29 is 4.79 Å². The van der Waals surface area contributed by atoms with Crippen LogP contribution < -0.4 is 5.73 Å². The van der Waals surface area contributed by atoms with Crippen LogP contribution in [0.1, 0.15) is 31.9 Å². The number of unbranched alkanes of at least 4 members (excludes halogenated alkanes) is 1. The second-order valence-corrected chi connectivity index (χ2v) is 3.97. The number of hydrogen-bond acceptors (Lipinski definition) is 3. The molecule has 0 aliphatic heterocycles. The van der Waals surface area contributed by atoms with Crippen molar-refractivity contribution in [3.05, 3.63) is 30.1 Å². The molecule has 17 heavy (non-hydrogen) atoms. The zero-order chi connectivity index (χ0) is 12.5. The zero-order valence-corrected chi connectivity index (χ0v) is 10.4. The summed E-state index contributed by atoms with van der Waals surface area (Å²) in [4.78, 5) is 18.0. The Balaban J connectivity index is 2.45. The predicted molar refractivity (Wildman–Crippen MR) is 68.2 cm³/mol. The minimum atomic E-state index is 0.187. The molecule has 0 saturated carbocycles. The lowest BCUT2D eigenvalue weighted by Gasteiger charge is -2.20. The molecular weight excluding hydrogens is 214 g/mol. The van der Waals surface area contributed by atoms with Crippen LogP contribution in [0.15, 0.2) is 24.4 Å². The zero-order valence-electron chi connectivity index (χ0n) is 10.4. The molecule has 0 radical (unpaired) electrons. The number of carbonyl (C=O) groups excluding carboxylic acids is 1. The van der Waals surface area contributed by atoms with Crippen molar-refractivity contribution in [1.29, 1.82) is 0 Å². The summed E-state index contributed by atoms with van der Waals surface area (Å²) in [5.41, 5.74) is 6.34. The summed E-state index contributed by atoms with van der Waals surface area (Å²) in [6, 6.07) is 5.76. The van der Waals surface area contributed by atoms with E-state index in [-0.39, 0.29) is 5.91 Å². The number of amides is 1. The van der Waals surface area contributed by atoms with E-state index in [1.807, 2.05) is 30.0 Å². The number of aromatic nitrogens is 1. The van der Waals surface area contributed by atoms with E-state index in [1.165, 1.54) is 0 Å². The van der Waals surface area contributed by atoms with E-state index < -0.39 is 0 Å². The molecule has 0 aromatic carbocycles. The fourth-order valence-electron chi connectivity index (χ4n) is 1.64. The maximum atomic E-state index is 11.9. The van der Waals surface area contributed by atoms with Crippen molar-refractivity contribution in [1.82, 2.24) is 9.88 Å². The first kappa shape index (κ1) is 13.6. The number of pyridine rings is 1. The molecule has 1 aromatic heterocycles. The summed E-state index contributed by atoms with van der Waals surface area (Å²) < 4.78 is 0. The SMILES string of the molecule is CCN(Cc1ccccn1)C(=O)CCCCN. The third-order valence-corrected chi connectivity index (χ3v) is 2.66. The van der Waals surface area contributed by atoms with E-state index in [2.05, 4.69) is 4.98 Å². The van der Waals surface area contributed by atoms with Crippen LogP contribution in [0.5, 0.6) is 0 Å². The maximum absolute atomic E-state index is 11.9. The average Bonchev–Trinajstić information content (AvgIpc) is 2.37. The van der Waals surface area contributed by atoms with Crippen molar-refractivity contribution in [3.63, 3.8) is 0 Å². The lowest BCUT2D eigenvalue weighted by atomic mass is 10.2. The van der Waals surface area contributed by atoms with Crippen molar-refractivity contribution in [2.24, 2.45) is 5.73 Å². The summed E-state index contributed by atoms with van der Waals surface area (Å²) in [5, 5.41) is 0.